The third-order valence-electron chi connectivity index (χ3n) is 5.21. The van der Waals surface area contributed by atoms with Gasteiger partial charge in [0.05, 0.1) is 16.4 Å². The van der Waals surface area contributed by atoms with Crippen LogP contribution in [-0.4, -0.2) is 35.1 Å². The molecule has 0 aliphatic heterocycles. The van der Waals surface area contributed by atoms with Crippen LogP contribution in [0.1, 0.15) is 36.8 Å². The third-order valence-corrected chi connectivity index (χ3v) is 5.95. The van der Waals surface area contributed by atoms with Gasteiger partial charge in [-0.2, -0.15) is 0 Å². The highest BCUT2D eigenvalue weighted by atomic mass is 35.5. The first kappa shape index (κ1) is 25.0. The molecule has 0 aliphatic carbocycles. The van der Waals surface area contributed by atoms with Gasteiger partial charge in [-0.1, -0.05) is 53.6 Å². The molecule has 0 radical (unpaired) electrons. The Morgan fingerprint density at radius 1 is 0.970 bits per heavy atom. The molecule has 3 rings (SSSR count). The summed E-state index contributed by atoms with van der Waals surface area (Å²) in [7, 11) is 0. The van der Waals surface area contributed by atoms with Crippen molar-refractivity contribution in [2.24, 2.45) is 0 Å². The predicted octanol–water partition coefficient (Wildman–Crippen LogP) is 5.70. The van der Waals surface area contributed by atoms with Crippen molar-refractivity contribution in [2.75, 3.05) is 19.6 Å². The summed E-state index contributed by atoms with van der Waals surface area (Å²) in [6.07, 6.45) is 13.7. The minimum atomic E-state index is 0.0517. The zero-order chi connectivity index (χ0) is 23.3. The first-order chi connectivity index (χ1) is 16.1. The van der Waals surface area contributed by atoms with Crippen LogP contribution in [0.4, 0.5) is 0 Å². The fourth-order valence-corrected chi connectivity index (χ4v) is 3.70. The first-order valence-electron chi connectivity index (χ1n) is 11.3. The molecule has 0 atom stereocenters. The normalized spacial score (nSPS) is 11.2. The SMILES string of the molecule is O=C(C/C=C/c1ccc(-n2ccnc2)cc1)NCCCCNCCCc1ccc(Cl)c(Cl)c1. The number of carbonyl (C=O) groups excluding carboxylic acids is 1. The van der Waals surface area contributed by atoms with E-state index in [1.165, 1.54) is 5.56 Å². The molecule has 1 heterocycles. The highest BCUT2D eigenvalue weighted by Crippen LogP contribution is 2.23. The van der Waals surface area contributed by atoms with Crippen molar-refractivity contribution < 1.29 is 4.79 Å². The summed E-state index contributed by atoms with van der Waals surface area (Å²) in [6, 6.07) is 13.9. The second-order valence-corrected chi connectivity index (χ2v) is 8.64. The summed E-state index contributed by atoms with van der Waals surface area (Å²) in [5.41, 5.74) is 3.33. The van der Waals surface area contributed by atoms with E-state index in [1.807, 2.05) is 65.4 Å². The number of aryl methyl sites for hydroxylation is 1. The number of hydrogen-bond donors (Lipinski definition) is 2. The maximum atomic E-state index is 12.0. The molecule has 33 heavy (non-hydrogen) atoms. The maximum absolute atomic E-state index is 12.0. The Balaban J connectivity index is 1.19. The minimum absolute atomic E-state index is 0.0517. The highest BCUT2D eigenvalue weighted by Gasteiger charge is 2.00. The second kappa shape index (κ2) is 13.8. The number of amides is 1. The van der Waals surface area contributed by atoms with Crippen LogP contribution in [0.2, 0.25) is 10.0 Å². The van der Waals surface area contributed by atoms with Gasteiger partial charge in [0.2, 0.25) is 5.91 Å². The Bertz CT molecular complexity index is 1020. The molecule has 0 saturated heterocycles. The third kappa shape index (κ3) is 9.04. The van der Waals surface area contributed by atoms with E-state index in [-0.39, 0.29) is 5.91 Å². The number of nitrogens with zero attached hydrogens (tertiary/aromatic N) is 2. The lowest BCUT2D eigenvalue weighted by atomic mass is 10.1. The molecule has 0 fully saturated rings. The summed E-state index contributed by atoms with van der Waals surface area (Å²) in [4.78, 5) is 16.0. The minimum Gasteiger partial charge on any atom is -0.356 e. The standard InChI is InChI=1S/C26H30Cl2N4O/c27-24-13-10-22(19-25(24)28)6-4-15-29-14-1-2-16-31-26(33)7-3-5-21-8-11-23(12-9-21)32-18-17-30-20-32/h3,5,8-13,17-20,29H,1-2,4,6-7,14-16H2,(H,31,33)/b5-3+. The molecule has 7 heteroatoms. The zero-order valence-corrected chi connectivity index (χ0v) is 20.2. The molecule has 174 valence electrons. The molecule has 0 saturated carbocycles. The molecule has 1 aromatic heterocycles. The average molecular weight is 485 g/mol. The Hall–Kier alpha value is -2.60. The van der Waals surface area contributed by atoms with Gasteiger partial charge in [-0.05, 0) is 74.2 Å². The Morgan fingerprint density at radius 2 is 1.76 bits per heavy atom. The lowest BCUT2D eigenvalue weighted by Gasteiger charge is -2.07. The monoisotopic (exact) mass is 484 g/mol. The number of imidazole rings is 1. The Labute approximate surface area is 205 Å². The van der Waals surface area contributed by atoms with Crippen molar-refractivity contribution in [1.82, 2.24) is 20.2 Å². The number of rotatable bonds is 13. The molecule has 5 nitrogen and oxygen atoms in total. The van der Waals surface area contributed by atoms with E-state index in [4.69, 9.17) is 23.2 Å². The van der Waals surface area contributed by atoms with Gasteiger partial charge in [0.25, 0.3) is 0 Å². The van der Waals surface area contributed by atoms with Gasteiger partial charge in [0.15, 0.2) is 0 Å². The number of nitrogens with one attached hydrogen (secondary N) is 2. The number of unbranched alkanes of at least 4 members (excludes halogenated alkanes) is 1. The molecular weight excluding hydrogens is 455 g/mol. The average Bonchev–Trinajstić information content (AvgIpc) is 3.36. The zero-order valence-electron chi connectivity index (χ0n) is 18.6. The van der Waals surface area contributed by atoms with Gasteiger partial charge >= 0.3 is 0 Å². The number of halogens is 2. The smallest absolute Gasteiger partial charge is 0.223 e. The fraction of sp³-hybridized carbons (Fsp3) is 0.308. The first-order valence-corrected chi connectivity index (χ1v) is 12.0. The van der Waals surface area contributed by atoms with Crippen molar-refractivity contribution in [3.05, 3.63) is 88.4 Å². The lowest BCUT2D eigenvalue weighted by Crippen LogP contribution is -2.24. The van der Waals surface area contributed by atoms with Crippen LogP contribution in [0.3, 0.4) is 0 Å². The van der Waals surface area contributed by atoms with Crippen molar-refractivity contribution in [3.63, 3.8) is 0 Å². The lowest BCUT2D eigenvalue weighted by molar-refractivity contribution is -0.120. The largest absolute Gasteiger partial charge is 0.356 e. The van der Waals surface area contributed by atoms with Crippen LogP contribution in [-0.2, 0) is 11.2 Å². The van der Waals surface area contributed by atoms with Gasteiger partial charge < -0.3 is 15.2 Å². The van der Waals surface area contributed by atoms with Crippen LogP contribution in [0.5, 0.6) is 0 Å². The van der Waals surface area contributed by atoms with Gasteiger partial charge in [0, 0.05) is 31.0 Å². The van der Waals surface area contributed by atoms with Gasteiger partial charge in [-0.3, -0.25) is 4.79 Å². The van der Waals surface area contributed by atoms with Crippen LogP contribution in [0, 0.1) is 0 Å². The van der Waals surface area contributed by atoms with Crippen LogP contribution >= 0.6 is 23.2 Å². The quantitative estimate of drug-likeness (QED) is 0.306. The summed E-state index contributed by atoms with van der Waals surface area (Å²) < 4.78 is 1.95. The number of aromatic nitrogens is 2. The summed E-state index contributed by atoms with van der Waals surface area (Å²) in [6.45, 7) is 2.62. The van der Waals surface area contributed by atoms with Gasteiger partial charge in [-0.15, -0.1) is 0 Å². The Kier molecular flexibility index (Phi) is 10.5. The number of benzene rings is 2. The van der Waals surface area contributed by atoms with E-state index in [0.717, 1.165) is 50.0 Å². The van der Waals surface area contributed by atoms with Crippen LogP contribution in [0.25, 0.3) is 11.8 Å². The molecule has 2 N–H and O–H groups in total. The van der Waals surface area contributed by atoms with E-state index in [9.17, 15) is 4.79 Å². The van der Waals surface area contributed by atoms with E-state index in [2.05, 4.69) is 15.6 Å². The molecule has 0 spiro atoms. The molecule has 0 unspecified atom stereocenters. The second-order valence-electron chi connectivity index (χ2n) is 7.83. The highest BCUT2D eigenvalue weighted by molar-refractivity contribution is 6.42. The van der Waals surface area contributed by atoms with E-state index < -0.39 is 0 Å². The summed E-state index contributed by atoms with van der Waals surface area (Å²) in [5.74, 6) is 0.0517. The fourth-order valence-electron chi connectivity index (χ4n) is 3.38. The predicted molar refractivity (Wildman–Crippen MR) is 137 cm³/mol. The molecule has 3 aromatic rings. The molecule has 0 aliphatic rings. The van der Waals surface area contributed by atoms with Gasteiger partial charge in [0.1, 0.15) is 0 Å². The molecular formula is C26H30Cl2N4O. The Morgan fingerprint density at radius 3 is 2.52 bits per heavy atom. The van der Waals surface area contributed by atoms with Crippen LogP contribution < -0.4 is 10.6 Å². The van der Waals surface area contributed by atoms with Crippen molar-refractivity contribution in [1.29, 1.82) is 0 Å². The number of carbonyl (C=O) groups is 1. The van der Waals surface area contributed by atoms with Crippen molar-refractivity contribution >= 4 is 35.2 Å². The number of hydrogen-bond acceptors (Lipinski definition) is 3. The molecule has 1 amide bonds. The van der Waals surface area contributed by atoms with E-state index in [1.54, 1.807) is 12.5 Å². The van der Waals surface area contributed by atoms with Gasteiger partial charge in [-0.25, -0.2) is 4.98 Å². The van der Waals surface area contributed by atoms with Crippen molar-refractivity contribution in [3.8, 4) is 5.69 Å². The van der Waals surface area contributed by atoms with Crippen LogP contribution in [0.15, 0.2) is 67.3 Å². The van der Waals surface area contributed by atoms with E-state index >= 15 is 0 Å². The molecule has 0 bridgehead atoms. The van der Waals surface area contributed by atoms with E-state index in [0.29, 0.717) is 23.0 Å². The maximum Gasteiger partial charge on any atom is 0.223 e. The summed E-state index contributed by atoms with van der Waals surface area (Å²) >= 11 is 12.0. The summed E-state index contributed by atoms with van der Waals surface area (Å²) in [5, 5.41) is 7.63. The van der Waals surface area contributed by atoms with Crippen molar-refractivity contribution in [2.45, 2.75) is 32.1 Å². The topological polar surface area (TPSA) is 59.0 Å². The molecule has 2 aromatic carbocycles.